The number of rotatable bonds is 7. The first-order valence-corrected chi connectivity index (χ1v) is 8.73. The summed E-state index contributed by atoms with van der Waals surface area (Å²) in [6.45, 7) is 3.79. The third kappa shape index (κ3) is 3.69. The SMILES string of the molecule is CC[C@@H](C)S(=O)(=O)N(Cc1ccco1)Cc1ccccc1O. The second-order valence-corrected chi connectivity index (χ2v) is 7.59. The third-order valence-electron chi connectivity index (χ3n) is 3.69. The van der Waals surface area contributed by atoms with Gasteiger partial charge < -0.3 is 9.52 Å². The lowest BCUT2D eigenvalue weighted by molar-refractivity contribution is 0.348. The number of para-hydroxylation sites is 1. The molecular weight excluding hydrogens is 302 g/mol. The van der Waals surface area contributed by atoms with E-state index in [1.165, 1.54) is 10.6 Å². The van der Waals surface area contributed by atoms with Crippen LogP contribution in [0.3, 0.4) is 0 Å². The summed E-state index contributed by atoms with van der Waals surface area (Å²) in [5, 5.41) is 9.41. The Bertz CT molecular complexity index is 695. The van der Waals surface area contributed by atoms with E-state index in [1.54, 1.807) is 43.3 Å². The number of aromatic hydroxyl groups is 1. The molecule has 22 heavy (non-hydrogen) atoms. The molecule has 120 valence electrons. The van der Waals surface area contributed by atoms with Crippen molar-refractivity contribution in [1.29, 1.82) is 0 Å². The number of nitrogens with zero attached hydrogens (tertiary/aromatic N) is 1. The van der Waals surface area contributed by atoms with Crippen LogP contribution in [0.15, 0.2) is 47.1 Å². The molecular formula is C16H21NO4S. The molecule has 0 spiro atoms. The van der Waals surface area contributed by atoms with Crippen LogP contribution >= 0.6 is 0 Å². The molecule has 0 fully saturated rings. The Hall–Kier alpha value is -1.79. The van der Waals surface area contributed by atoms with Gasteiger partial charge in [-0.25, -0.2) is 8.42 Å². The van der Waals surface area contributed by atoms with Gasteiger partial charge in [0.1, 0.15) is 11.5 Å². The van der Waals surface area contributed by atoms with Crippen molar-refractivity contribution in [3.8, 4) is 5.75 Å². The van der Waals surface area contributed by atoms with Crippen LogP contribution in [0.4, 0.5) is 0 Å². The zero-order valence-corrected chi connectivity index (χ0v) is 13.6. The van der Waals surface area contributed by atoms with E-state index in [9.17, 15) is 13.5 Å². The highest BCUT2D eigenvalue weighted by atomic mass is 32.2. The van der Waals surface area contributed by atoms with Gasteiger partial charge in [0.25, 0.3) is 0 Å². The minimum atomic E-state index is -3.48. The van der Waals surface area contributed by atoms with Gasteiger partial charge in [-0.05, 0) is 31.5 Å². The van der Waals surface area contributed by atoms with Gasteiger partial charge in [0.05, 0.1) is 18.1 Å². The molecule has 1 atom stereocenters. The van der Waals surface area contributed by atoms with Gasteiger partial charge in [-0.3, -0.25) is 0 Å². The number of phenols is 1. The number of hydrogen-bond acceptors (Lipinski definition) is 4. The van der Waals surface area contributed by atoms with Crippen molar-refractivity contribution in [2.45, 2.75) is 38.6 Å². The molecule has 0 unspecified atom stereocenters. The fourth-order valence-electron chi connectivity index (χ4n) is 2.11. The maximum Gasteiger partial charge on any atom is 0.217 e. The van der Waals surface area contributed by atoms with Gasteiger partial charge in [0.15, 0.2) is 0 Å². The van der Waals surface area contributed by atoms with E-state index in [1.807, 2.05) is 6.92 Å². The molecule has 2 rings (SSSR count). The molecule has 1 heterocycles. The molecule has 0 saturated heterocycles. The monoisotopic (exact) mass is 323 g/mol. The number of hydrogen-bond donors (Lipinski definition) is 1. The van der Waals surface area contributed by atoms with E-state index in [0.29, 0.717) is 17.7 Å². The maximum atomic E-state index is 12.7. The van der Waals surface area contributed by atoms with Gasteiger partial charge in [-0.1, -0.05) is 25.1 Å². The normalized spacial score (nSPS) is 13.4. The van der Waals surface area contributed by atoms with E-state index in [4.69, 9.17) is 4.42 Å². The highest BCUT2D eigenvalue weighted by Gasteiger charge is 2.29. The minimum Gasteiger partial charge on any atom is -0.508 e. The number of benzene rings is 1. The first-order chi connectivity index (χ1) is 10.4. The molecule has 0 aliphatic heterocycles. The summed E-state index contributed by atoms with van der Waals surface area (Å²) in [5.74, 6) is 0.661. The third-order valence-corrected chi connectivity index (χ3v) is 6.02. The van der Waals surface area contributed by atoms with Crippen LogP contribution in [0.25, 0.3) is 0 Å². The van der Waals surface area contributed by atoms with Crippen molar-refractivity contribution in [3.63, 3.8) is 0 Å². The highest BCUT2D eigenvalue weighted by molar-refractivity contribution is 7.89. The molecule has 1 aromatic heterocycles. The van der Waals surface area contributed by atoms with E-state index in [-0.39, 0.29) is 18.8 Å². The van der Waals surface area contributed by atoms with Crippen molar-refractivity contribution in [1.82, 2.24) is 4.31 Å². The lowest BCUT2D eigenvalue weighted by atomic mass is 10.2. The Morgan fingerprint density at radius 2 is 1.91 bits per heavy atom. The molecule has 1 N–H and O–H groups in total. The predicted molar refractivity (Wildman–Crippen MR) is 84.7 cm³/mol. The molecule has 2 aromatic rings. The zero-order chi connectivity index (χ0) is 16.2. The second-order valence-electron chi connectivity index (χ2n) is 5.24. The molecule has 6 heteroatoms. The fourth-order valence-corrected chi connectivity index (χ4v) is 3.67. The van der Waals surface area contributed by atoms with Crippen LogP contribution in [-0.2, 0) is 23.1 Å². The summed E-state index contributed by atoms with van der Waals surface area (Å²) >= 11 is 0. The summed E-state index contributed by atoms with van der Waals surface area (Å²) in [4.78, 5) is 0. The first-order valence-electron chi connectivity index (χ1n) is 7.23. The lowest BCUT2D eigenvalue weighted by Gasteiger charge is -2.25. The molecule has 0 aliphatic carbocycles. The van der Waals surface area contributed by atoms with Gasteiger partial charge in [0.2, 0.25) is 10.0 Å². The quantitative estimate of drug-likeness (QED) is 0.850. The Kier molecular flexibility index (Phi) is 5.26. The Morgan fingerprint density at radius 3 is 2.50 bits per heavy atom. The van der Waals surface area contributed by atoms with E-state index < -0.39 is 15.3 Å². The Morgan fingerprint density at radius 1 is 1.18 bits per heavy atom. The van der Waals surface area contributed by atoms with Crippen LogP contribution in [0.1, 0.15) is 31.6 Å². The molecule has 5 nitrogen and oxygen atoms in total. The van der Waals surface area contributed by atoms with Gasteiger partial charge in [-0.2, -0.15) is 4.31 Å². The summed E-state index contributed by atoms with van der Waals surface area (Å²) in [5.41, 5.74) is 0.570. The van der Waals surface area contributed by atoms with Crippen LogP contribution in [0.2, 0.25) is 0 Å². The number of sulfonamides is 1. The van der Waals surface area contributed by atoms with Crippen LogP contribution in [0.5, 0.6) is 5.75 Å². The topological polar surface area (TPSA) is 70.8 Å². The van der Waals surface area contributed by atoms with Crippen molar-refractivity contribution < 1.29 is 17.9 Å². The smallest absolute Gasteiger partial charge is 0.217 e. The average Bonchev–Trinajstić information content (AvgIpc) is 3.00. The molecule has 0 bridgehead atoms. The minimum absolute atomic E-state index is 0.0892. The van der Waals surface area contributed by atoms with Crippen molar-refractivity contribution in [2.24, 2.45) is 0 Å². The molecule has 0 saturated carbocycles. The largest absolute Gasteiger partial charge is 0.508 e. The summed E-state index contributed by atoms with van der Waals surface area (Å²) < 4.78 is 32.0. The Balaban J connectivity index is 2.31. The second kappa shape index (κ2) is 6.98. The highest BCUT2D eigenvalue weighted by Crippen LogP contribution is 2.23. The molecule has 1 aromatic carbocycles. The van der Waals surface area contributed by atoms with Crippen LogP contribution < -0.4 is 0 Å². The number of phenolic OH excluding ortho intramolecular Hbond substituents is 1. The van der Waals surface area contributed by atoms with E-state index >= 15 is 0 Å². The van der Waals surface area contributed by atoms with Gasteiger partial charge in [-0.15, -0.1) is 0 Å². The fraction of sp³-hybridized carbons (Fsp3) is 0.375. The standard InChI is InChI=1S/C16H21NO4S/c1-3-13(2)22(19,20)17(12-15-8-6-10-21-15)11-14-7-4-5-9-16(14)18/h4-10,13,18H,3,11-12H2,1-2H3/t13-/m1/s1. The van der Waals surface area contributed by atoms with Gasteiger partial charge in [0, 0.05) is 12.1 Å². The maximum absolute atomic E-state index is 12.7. The molecule has 0 amide bonds. The van der Waals surface area contributed by atoms with Crippen LogP contribution in [0, 0.1) is 0 Å². The Labute approximate surface area is 131 Å². The lowest BCUT2D eigenvalue weighted by Crippen LogP contribution is -2.36. The predicted octanol–water partition coefficient (Wildman–Crippen LogP) is 3.12. The average molecular weight is 323 g/mol. The van der Waals surface area contributed by atoms with Crippen molar-refractivity contribution >= 4 is 10.0 Å². The van der Waals surface area contributed by atoms with Crippen molar-refractivity contribution in [2.75, 3.05) is 0 Å². The van der Waals surface area contributed by atoms with E-state index in [0.717, 1.165) is 0 Å². The summed E-state index contributed by atoms with van der Waals surface area (Å²) in [6, 6.07) is 10.2. The first kappa shape index (κ1) is 16.6. The van der Waals surface area contributed by atoms with E-state index in [2.05, 4.69) is 0 Å². The summed E-state index contributed by atoms with van der Waals surface area (Å²) in [6.07, 6.45) is 2.04. The van der Waals surface area contributed by atoms with Gasteiger partial charge >= 0.3 is 0 Å². The summed E-state index contributed by atoms with van der Waals surface area (Å²) in [7, 11) is -3.48. The zero-order valence-electron chi connectivity index (χ0n) is 12.8. The van der Waals surface area contributed by atoms with Crippen LogP contribution in [-0.4, -0.2) is 23.1 Å². The van der Waals surface area contributed by atoms with Crippen molar-refractivity contribution in [3.05, 3.63) is 54.0 Å². The molecule has 0 radical (unpaired) electrons. The molecule has 0 aliphatic rings. The number of furan rings is 1.